The first-order valence-electron chi connectivity index (χ1n) is 9.73. The third kappa shape index (κ3) is 6.90. The number of nitrogens with two attached hydrogens (primary N) is 1. The van der Waals surface area contributed by atoms with Crippen LogP contribution in [0.1, 0.15) is 26.3 Å². The van der Waals surface area contributed by atoms with Crippen LogP contribution in [-0.4, -0.2) is 63.6 Å². The molecule has 33 heavy (non-hydrogen) atoms. The lowest BCUT2D eigenvalue weighted by Gasteiger charge is -2.47. The highest BCUT2D eigenvalue weighted by Gasteiger charge is 2.51. The Morgan fingerprint density at radius 2 is 1.82 bits per heavy atom. The van der Waals surface area contributed by atoms with Crippen LogP contribution in [0.5, 0.6) is 0 Å². The van der Waals surface area contributed by atoms with Crippen molar-refractivity contribution < 1.29 is 37.2 Å². The molecule has 12 heteroatoms. The third-order valence-electron chi connectivity index (χ3n) is 4.39. The van der Waals surface area contributed by atoms with E-state index in [1.54, 1.807) is 32.9 Å². The van der Waals surface area contributed by atoms with Crippen LogP contribution in [0.2, 0.25) is 0 Å². The minimum Gasteiger partial charge on any atom is -0.477 e. The number of hydrogen-bond acceptors (Lipinski definition) is 8. The number of aliphatic carboxylic acids is 1. The fourth-order valence-corrected chi connectivity index (χ4v) is 4.63. The van der Waals surface area contributed by atoms with Crippen molar-refractivity contribution in [2.45, 2.75) is 49.6 Å². The molecule has 3 rings (SSSR count). The maximum atomic E-state index is 11.8. The molecule has 1 aromatic rings. The first kappa shape index (κ1) is 26.6. The number of fused-ring (bicyclic) bond motifs is 1. The lowest BCUT2D eigenvalue weighted by atomic mass is 10.0. The summed E-state index contributed by atoms with van der Waals surface area (Å²) in [6, 6.07) is 5.32. The molecule has 180 valence electrons. The second-order valence-corrected chi connectivity index (χ2v) is 10.8. The van der Waals surface area contributed by atoms with Gasteiger partial charge in [-0.15, -0.1) is 11.8 Å². The largest absolute Gasteiger partial charge is 0.477 e. The Bertz CT molecular complexity index is 1100. The van der Waals surface area contributed by atoms with Gasteiger partial charge in [0.05, 0.1) is 4.90 Å². The molecule has 2 aliphatic rings. The molecule has 2 atom stereocenters. The maximum absolute atomic E-state index is 11.8. The summed E-state index contributed by atoms with van der Waals surface area (Å²) in [6.07, 6.45) is 2.56. The molecule has 1 saturated heterocycles. The molecule has 0 bridgehead atoms. The van der Waals surface area contributed by atoms with E-state index in [0.29, 0.717) is 11.3 Å². The zero-order chi connectivity index (χ0) is 25.1. The maximum Gasteiger partial charge on any atom is 0.352 e. The Balaban J connectivity index is 0.000000294. The summed E-state index contributed by atoms with van der Waals surface area (Å²) in [6.45, 7) is 7.05. The van der Waals surface area contributed by atoms with Gasteiger partial charge in [-0.2, -0.15) is 8.42 Å². The molecule has 10 nitrogen and oxygen atoms in total. The monoisotopic (exact) mass is 498 g/mol. The van der Waals surface area contributed by atoms with E-state index in [1.807, 2.05) is 6.92 Å². The average molecular weight is 499 g/mol. The molecule has 0 radical (unpaired) electrons. The summed E-state index contributed by atoms with van der Waals surface area (Å²) in [5.41, 5.74) is 6.26. The van der Waals surface area contributed by atoms with Crippen molar-refractivity contribution in [3.63, 3.8) is 0 Å². The van der Waals surface area contributed by atoms with E-state index in [4.69, 9.17) is 15.0 Å². The molecule has 0 saturated carbocycles. The molecule has 1 aromatic carbocycles. The lowest BCUT2D eigenvalue weighted by molar-refractivity contribution is -0.148. The van der Waals surface area contributed by atoms with E-state index in [0.717, 1.165) is 5.56 Å². The number of thioether (sulfide) groups is 1. The summed E-state index contributed by atoms with van der Waals surface area (Å²) < 4.78 is 34.7. The van der Waals surface area contributed by atoms with Crippen molar-refractivity contribution >= 4 is 39.7 Å². The van der Waals surface area contributed by atoms with Crippen LogP contribution in [0.15, 0.2) is 52.6 Å². The van der Waals surface area contributed by atoms with E-state index in [2.05, 4.69) is 0 Å². The van der Waals surface area contributed by atoms with Gasteiger partial charge >= 0.3 is 11.9 Å². The lowest BCUT2D eigenvalue weighted by Crippen LogP contribution is -2.68. The molecule has 1 unspecified atom stereocenters. The predicted octanol–water partition coefficient (Wildman–Crippen LogP) is 1.71. The molecule has 2 heterocycles. The molecule has 1 amide bonds. The molecular formula is C21H26N2O8S2. The number of amides is 1. The van der Waals surface area contributed by atoms with E-state index >= 15 is 0 Å². The normalized spacial score (nSPS) is 20.5. The average Bonchev–Trinajstić information content (AvgIpc) is 2.69. The van der Waals surface area contributed by atoms with Crippen LogP contribution in [-0.2, 0) is 29.2 Å². The van der Waals surface area contributed by atoms with Crippen molar-refractivity contribution in [2.24, 2.45) is 5.73 Å². The number of carbonyl (C=O) groups excluding carboxylic acids is 2. The fraction of sp³-hybridized carbons (Fsp3) is 0.381. The standard InChI is InChI=1S/C14H18N2O5S.C7H8O3S/c1-14(2,3)21-8(17)5-4-7-6-22-12-9(15)11(18)16(12)10(7)13(19)20;1-6-2-4-7(5-3-6)11(8,9)10/h4-5,9,12H,6,15H2,1-3H3,(H,19,20);2-5H,1H3,(H,8,9,10)/t9?,12-;/m0./s1. The van der Waals surface area contributed by atoms with Crippen molar-refractivity contribution in [1.29, 1.82) is 0 Å². The quantitative estimate of drug-likeness (QED) is 0.241. The van der Waals surface area contributed by atoms with Crippen LogP contribution in [0.25, 0.3) is 0 Å². The molecule has 4 N–H and O–H groups in total. The highest BCUT2D eigenvalue weighted by molar-refractivity contribution is 8.00. The number of carboxylic acids is 1. The van der Waals surface area contributed by atoms with Crippen molar-refractivity contribution in [1.82, 2.24) is 4.90 Å². The molecule has 0 aromatic heterocycles. The van der Waals surface area contributed by atoms with Gasteiger partial charge in [0.15, 0.2) is 0 Å². The van der Waals surface area contributed by atoms with E-state index in [-0.39, 0.29) is 16.0 Å². The first-order valence-corrected chi connectivity index (χ1v) is 12.2. The molecule has 0 aliphatic carbocycles. The summed E-state index contributed by atoms with van der Waals surface area (Å²) >= 11 is 1.37. The molecule has 2 aliphatic heterocycles. The minimum atomic E-state index is -4.02. The van der Waals surface area contributed by atoms with Gasteiger partial charge in [0.1, 0.15) is 22.7 Å². The molecule has 0 spiro atoms. The Kier molecular flexibility index (Phi) is 8.12. The Hall–Kier alpha value is -2.67. The van der Waals surface area contributed by atoms with E-state index in [1.165, 1.54) is 40.9 Å². The number of aryl methyl sites for hydroxylation is 1. The minimum absolute atomic E-state index is 0.0666. The van der Waals surface area contributed by atoms with E-state index in [9.17, 15) is 27.9 Å². The summed E-state index contributed by atoms with van der Waals surface area (Å²) in [5, 5.41) is 8.98. The Labute approximate surface area is 196 Å². The second-order valence-electron chi connectivity index (χ2n) is 8.27. The number of benzene rings is 1. The predicted molar refractivity (Wildman–Crippen MR) is 122 cm³/mol. The summed E-state index contributed by atoms with van der Waals surface area (Å²) in [5.74, 6) is -1.83. The topological polar surface area (TPSA) is 164 Å². The third-order valence-corrected chi connectivity index (χ3v) is 6.58. The number of allylic oxidation sites excluding steroid dienone is 1. The number of ether oxygens (including phenoxy) is 1. The van der Waals surface area contributed by atoms with Crippen LogP contribution in [0.3, 0.4) is 0 Å². The number of rotatable bonds is 4. The smallest absolute Gasteiger partial charge is 0.352 e. The van der Waals surface area contributed by atoms with Gasteiger partial charge in [-0.05, 0) is 51.5 Å². The van der Waals surface area contributed by atoms with Gasteiger partial charge < -0.3 is 15.6 Å². The number of hydrogen-bond donors (Lipinski definition) is 3. The molecule has 1 fully saturated rings. The summed E-state index contributed by atoms with van der Waals surface area (Å²) in [7, 11) is -4.02. The number of carboxylic acid groups (broad SMARTS) is 1. The highest BCUT2D eigenvalue weighted by Crippen LogP contribution is 2.39. The first-order chi connectivity index (χ1) is 15.1. The number of nitrogens with zero attached hydrogens (tertiary/aromatic N) is 1. The number of esters is 1. The van der Waals surface area contributed by atoms with Gasteiger partial charge in [-0.1, -0.05) is 17.7 Å². The Morgan fingerprint density at radius 1 is 1.24 bits per heavy atom. The second kappa shape index (κ2) is 10.1. The molecular weight excluding hydrogens is 472 g/mol. The fourth-order valence-electron chi connectivity index (χ4n) is 2.88. The van der Waals surface area contributed by atoms with Gasteiger partial charge in [0.2, 0.25) is 5.91 Å². The summed E-state index contributed by atoms with van der Waals surface area (Å²) in [4.78, 5) is 36.0. The van der Waals surface area contributed by atoms with Gasteiger partial charge in [-0.25, -0.2) is 9.59 Å². The van der Waals surface area contributed by atoms with Crippen LogP contribution < -0.4 is 5.73 Å². The van der Waals surface area contributed by atoms with Crippen LogP contribution in [0.4, 0.5) is 0 Å². The van der Waals surface area contributed by atoms with Gasteiger partial charge in [0, 0.05) is 11.8 Å². The van der Waals surface area contributed by atoms with Crippen molar-refractivity contribution in [3.05, 3.63) is 53.3 Å². The van der Waals surface area contributed by atoms with Crippen LogP contribution >= 0.6 is 11.8 Å². The van der Waals surface area contributed by atoms with Crippen molar-refractivity contribution in [2.75, 3.05) is 5.75 Å². The van der Waals surface area contributed by atoms with Crippen molar-refractivity contribution in [3.8, 4) is 0 Å². The van der Waals surface area contributed by atoms with E-state index < -0.39 is 39.6 Å². The number of carbonyl (C=O) groups is 3. The SMILES string of the molecule is CC(C)(C)OC(=O)C=CC1=C(C(=O)O)N2C(=O)C(N)[C@@H]2SC1.Cc1ccc(S(=O)(=O)O)cc1. The van der Waals surface area contributed by atoms with Gasteiger partial charge in [-0.3, -0.25) is 14.2 Å². The highest BCUT2D eigenvalue weighted by atomic mass is 32.2. The van der Waals surface area contributed by atoms with Crippen LogP contribution in [0, 0.1) is 6.92 Å². The zero-order valence-corrected chi connectivity index (χ0v) is 20.1. The zero-order valence-electron chi connectivity index (χ0n) is 18.5. The Morgan fingerprint density at radius 3 is 2.30 bits per heavy atom. The van der Waals surface area contributed by atoms with Gasteiger partial charge in [0.25, 0.3) is 10.1 Å². The number of β-lactam (4-membered cyclic amide) rings is 1.